The maximum atomic E-state index is 2.38. The Bertz CT molecular complexity index is 720. The van der Waals surface area contributed by atoms with E-state index < -0.39 is 0 Å². The lowest BCUT2D eigenvalue weighted by molar-refractivity contribution is 0.627. The Hall–Kier alpha value is -1.56. The van der Waals surface area contributed by atoms with Crippen molar-refractivity contribution in [3.63, 3.8) is 0 Å². The monoisotopic (exact) mass is 336 g/mol. The Balaban J connectivity index is 0.000000173. The van der Waals surface area contributed by atoms with Gasteiger partial charge in [-0.15, -0.1) is 0 Å². The molecule has 0 aromatic heterocycles. The highest BCUT2D eigenvalue weighted by Gasteiger charge is 2.19. The first-order chi connectivity index (χ1) is 11.3. The summed E-state index contributed by atoms with van der Waals surface area (Å²) in [6.45, 7) is 13.5. The summed E-state index contributed by atoms with van der Waals surface area (Å²) in [5, 5.41) is 0. The Morgan fingerprint density at radius 1 is 0.680 bits per heavy atom. The van der Waals surface area contributed by atoms with Crippen molar-refractivity contribution in [1.82, 2.24) is 0 Å². The molecule has 0 N–H and O–H groups in total. The third-order valence-corrected chi connectivity index (χ3v) is 6.09. The summed E-state index contributed by atoms with van der Waals surface area (Å²) in [4.78, 5) is 0. The summed E-state index contributed by atoms with van der Waals surface area (Å²) in [6, 6.07) is 9.48. The third kappa shape index (κ3) is 4.17. The predicted molar refractivity (Wildman–Crippen MR) is 112 cm³/mol. The van der Waals surface area contributed by atoms with Crippen molar-refractivity contribution in [2.45, 2.75) is 80.6 Å². The van der Waals surface area contributed by atoms with Crippen LogP contribution in [0.15, 0.2) is 24.3 Å². The highest BCUT2D eigenvalue weighted by atomic mass is 14.2. The first-order valence-electron chi connectivity index (χ1n) is 9.54. The Labute approximate surface area is 155 Å². The molecule has 0 heteroatoms. The van der Waals surface area contributed by atoms with Crippen LogP contribution in [0.5, 0.6) is 0 Å². The van der Waals surface area contributed by atoms with Gasteiger partial charge in [0.1, 0.15) is 0 Å². The first-order valence-corrected chi connectivity index (χ1v) is 9.54. The van der Waals surface area contributed by atoms with Crippen molar-refractivity contribution in [2.75, 3.05) is 0 Å². The minimum atomic E-state index is 0. The topological polar surface area (TPSA) is 0 Å². The molecule has 2 aliphatic rings. The fourth-order valence-electron chi connectivity index (χ4n) is 4.24. The van der Waals surface area contributed by atoms with E-state index in [0.29, 0.717) is 0 Å². The molecule has 0 aliphatic heterocycles. The molecule has 2 aromatic rings. The zero-order valence-corrected chi connectivity index (χ0v) is 16.3. The van der Waals surface area contributed by atoms with Gasteiger partial charge >= 0.3 is 0 Å². The van der Waals surface area contributed by atoms with Gasteiger partial charge in [-0.2, -0.15) is 0 Å². The van der Waals surface area contributed by atoms with E-state index in [0.717, 1.165) is 11.8 Å². The Morgan fingerprint density at radius 2 is 1.12 bits per heavy atom. The highest BCUT2D eigenvalue weighted by Crippen LogP contribution is 2.34. The van der Waals surface area contributed by atoms with Gasteiger partial charge in [0.2, 0.25) is 0 Å². The van der Waals surface area contributed by atoms with E-state index in [2.05, 4.69) is 65.8 Å². The van der Waals surface area contributed by atoms with Gasteiger partial charge in [0.05, 0.1) is 0 Å². The number of rotatable bonds is 0. The molecule has 0 saturated heterocycles. The normalized spacial score (nSPS) is 18.1. The van der Waals surface area contributed by atoms with Crippen molar-refractivity contribution in [1.29, 1.82) is 0 Å². The maximum Gasteiger partial charge on any atom is -0.0184 e. The van der Waals surface area contributed by atoms with Crippen molar-refractivity contribution >= 4 is 0 Å². The van der Waals surface area contributed by atoms with E-state index >= 15 is 0 Å². The highest BCUT2D eigenvalue weighted by molar-refractivity contribution is 5.42. The molecular weight excluding hydrogens is 300 g/mol. The number of aryl methyl sites for hydroxylation is 5. The second-order valence-electron chi connectivity index (χ2n) is 8.29. The van der Waals surface area contributed by atoms with Gasteiger partial charge in [0.25, 0.3) is 0 Å². The van der Waals surface area contributed by atoms with Gasteiger partial charge in [-0.1, -0.05) is 45.5 Å². The predicted octanol–water partition coefficient (Wildman–Crippen LogP) is 7.03. The molecule has 0 spiro atoms. The molecule has 25 heavy (non-hydrogen) atoms. The smallest absolute Gasteiger partial charge is 0.0184 e. The molecule has 2 aromatic carbocycles. The molecule has 136 valence electrons. The number of fused-ring (bicyclic) bond motifs is 2. The van der Waals surface area contributed by atoms with Crippen LogP contribution >= 0.6 is 0 Å². The molecule has 2 aliphatic carbocycles. The summed E-state index contributed by atoms with van der Waals surface area (Å²) < 4.78 is 0. The standard InChI is InChI=1S/2C12H16.CH4/c1-8-4-11-6-9(2)10(3)7-12(11)5-8;1-8-4-5-11-6-9(2)10(3)7-12(8)11;/h2*6-8H,4-5H2,1-3H3;1H4. The summed E-state index contributed by atoms with van der Waals surface area (Å²) in [7, 11) is 0. The van der Waals surface area contributed by atoms with Crippen LogP contribution in [-0.2, 0) is 19.3 Å². The third-order valence-electron chi connectivity index (χ3n) is 6.09. The Morgan fingerprint density at radius 3 is 1.64 bits per heavy atom. The van der Waals surface area contributed by atoms with E-state index in [1.807, 2.05) is 0 Å². The Kier molecular flexibility index (Phi) is 6.14. The van der Waals surface area contributed by atoms with E-state index in [9.17, 15) is 0 Å². The lowest BCUT2D eigenvalue weighted by Crippen LogP contribution is -1.90. The molecule has 1 atom stereocenters. The van der Waals surface area contributed by atoms with Crippen LogP contribution in [0.4, 0.5) is 0 Å². The first kappa shape index (κ1) is 19.8. The molecule has 0 bridgehead atoms. The number of benzene rings is 2. The molecule has 0 radical (unpaired) electrons. The fraction of sp³-hybridized carbons (Fsp3) is 0.520. The summed E-state index contributed by atoms with van der Waals surface area (Å²) in [5.74, 6) is 1.65. The van der Waals surface area contributed by atoms with Gasteiger partial charge in [-0.3, -0.25) is 0 Å². The maximum absolute atomic E-state index is 2.38. The van der Waals surface area contributed by atoms with Crippen molar-refractivity contribution < 1.29 is 0 Å². The van der Waals surface area contributed by atoms with Crippen molar-refractivity contribution in [3.05, 3.63) is 68.8 Å². The van der Waals surface area contributed by atoms with Crippen LogP contribution < -0.4 is 0 Å². The zero-order valence-electron chi connectivity index (χ0n) is 16.3. The lowest BCUT2D eigenvalue weighted by atomic mass is 9.98. The molecule has 0 fully saturated rings. The zero-order chi connectivity index (χ0) is 17.4. The quantitative estimate of drug-likeness (QED) is 0.484. The van der Waals surface area contributed by atoms with Crippen molar-refractivity contribution in [3.8, 4) is 0 Å². The molecule has 1 unspecified atom stereocenters. The van der Waals surface area contributed by atoms with E-state index in [1.165, 1.54) is 47.9 Å². The average Bonchev–Trinajstić information content (AvgIpc) is 3.04. The van der Waals surface area contributed by atoms with Crippen LogP contribution in [0.2, 0.25) is 0 Å². The molecule has 0 heterocycles. The molecule has 0 nitrogen and oxygen atoms in total. The SMILES string of the molecule is C.Cc1cc2c(cc1C)C(C)CC2.Cc1cc2c(cc1C)CC(C)C2. The largest absolute Gasteiger partial charge is 0.0776 e. The average molecular weight is 337 g/mol. The summed E-state index contributed by atoms with van der Waals surface area (Å²) in [5.41, 5.74) is 12.1. The molecule has 4 rings (SSSR count). The lowest BCUT2D eigenvalue weighted by Gasteiger charge is -2.07. The molecule has 0 amide bonds. The van der Waals surface area contributed by atoms with Crippen LogP contribution in [0.1, 0.15) is 78.1 Å². The van der Waals surface area contributed by atoms with Crippen molar-refractivity contribution in [2.24, 2.45) is 5.92 Å². The summed E-state index contributed by atoms with van der Waals surface area (Å²) in [6.07, 6.45) is 5.21. The van der Waals surface area contributed by atoms with Crippen LogP contribution in [0, 0.1) is 33.6 Å². The van der Waals surface area contributed by atoms with Gasteiger partial charge in [-0.25, -0.2) is 0 Å². The summed E-state index contributed by atoms with van der Waals surface area (Å²) >= 11 is 0. The van der Waals surface area contributed by atoms with Gasteiger partial charge in [0, 0.05) is 0 Å². The van der Waals surface area contributed by atoms with E-state index in [4.69, 9.17) is 0 Å². The fourth-order valence-corrected chi connectivity index (χ4v) is 4.24. The second kappa shape index (κ2) is 7.77. The molecular formula is C25H36. The second-order valence-corrected chi connectivity index (χ2v) is 8.29. The van der Waals surface area contributed by atoms with Gasteiger partial charge in [0.15, 0.2) is 0 Å². The van der Waals surface area contributed by atoms with E-state index in [-0.39, 0.29) is 7.43 Å². The van der Waals surface area contributed by atoms with Crippen LogP contribution in [-0.4, -0.2) is 0 Å². The number of hydrogen-bond acceptors (Lipinski definition) is 0. The van der Waals surface area contributed by atoms with Gasteiger partial charge < -0.3 is 0 Å². The van der Waals surface area contributed by atoms with Crippen LogP contribution in [0.3, 0.4) is 0 Å². The van der Waals surface area contributed by atoms with Crippen LogP contribution in [0.25, 0.3) is 0 Å². The minimum absolute atomic E-state index is 0. The van der Waals surface area contributed by atoms with Gasteiger partial charge in [-0.05, 0) is 110 Å². The number of hydrogen-bond donors (Lipinski definition) is 0. The van der Waals surface area contributed by atoms with E-state index in [1.54, 1.807) is 22.3 Å². The minimum Gasteiger partial charge on any atom is -0.0776 e. The molecule has 0 saturated carbocycles.